The molecular formula is C29H31IN6O6S. The van der Waals surface area contributed by atoms with E-state index in [-0.39, 0.29) is 17.5 Å². The molecule has 0 aliphatic heterocycles. The molecule has 12 nitrogen and oxygen atoms in total. The monoisotopic (exact) mass is 718 g/mol. The number of nitrogens with two attached hydrogens (primary N) is 1. The molecule has 5 N–H and O–H groups in total. The van der Waals surface area contributed by atoms with Crippen LogP contribution in [0.4, 0.5) is 22.0 Å². The zero-order chi connectivity index (χ0) is 31.3. The van der Waals surface area contributed by atoms with Gasteiger partial charge in [0, 0.05) is 43.6 Å². The second-order valence-electron chi connectivity index (χ2n) is 9.63. The van der Waals surface area contributed by atoms with Gasteiger partial charge in [-0.05, 0) is 71.1 Å². The van der Waals surface area contributed by atoms with E-state index in [4.69, 9.17) is 15.2 Å². The molecular weight excluding hydrogens is 687 g/mol. The third-order valence-electron chi connectivity index (χ3n) is 6.54. The summed E-state index contributed by atoms with van der Waals surface area (Å²) in [6, 6.07) is 15.5. The van der Waals surface area contributed by atoms with Crippen LogP contribution in [0.3, 0.4) is 0 Å². The van der Waals surface area contributed by atoms with Crippen molar-refractivity contribution in [2.24, 2.45) is 0 Å². The first kappa shape index (κ1) is 31.6. The Morgan fingerprint density at radius 3 is 2.37 bits per heavy atom. The number of pyridine rings is 1. The van der Waals surface area contributed by atoms with Crippen LogP contribution in [-0.4, -0.2) is 58.6 Å². The molecule has 43 heavy (non-hydrogen) atoms. The van der Waals surface area contributed by atoms with Gasteiger partial charge < -0.3 is 36.1 Å². The summed E-state index contributed by atoms with van der Waals surface area (Å²) in [5, 5.41) is 10.4. The molecule has 1 atom stereocenters. The van der Waals surface area contributed by atoms with Crippen molar-refractivity contribution in [1.29, 1.82) is 0 Å². The smallest absolute Gasteiger partial charge is 0.321 e. The Bertz CT molecular complexity index is 1780. The Kier molecular flexibility index (Phi) is 9.80. The predicted molar refractivity (Wildman–Crippen MR) is 174 cm³/mol. The molecule has 0 aliphatic carbocycles. The van der Waals surface area contributed by atoms with Gasteiger partial charge in [0.1, 0.15) is 11.9 Å². The molecule has 1 aromatic heterocycles. The highest BCUT2D eigenvalue weighted by Crippen LogP contribution is 2.33. The van der Waals surface area contributed by atoms with Gasteiger partial charge in [0.05, 0.1) is 40.3 Å². The van der Waals surface area contributed by atoms with Crippen molar-refractivity contribution >= 4 is 68.1 Å². The van der Waals surface area contributed by atoms with E-state index in [2.05, 4.69) is 20.9 Å². The van der Waals surface area contributed by atoms with E-state index in [1.807, 2.05) is 18.2 Å². The fourth-order valence-corrected chi connectivity index (χ4v) is 6.31. The van der Waals surface area contributed by atoms with Crippen molar-refractivity contribution in [2.45, 2.75) is 17.5 Å². The lowest BCUT2D eigenvalue weighted by Crippen LogP contribution is -2.33. The van der Waals surface area contributed by atoms with E-state index >= 15 is 0 Å². The lowest BCUT2D eigenvalue weighted by Gasteiger charge is -2.22. The Morgan fingerprint density at radius 1 is 0.977 bits per heavy atom. The number of halogens is 1. The number of nitrogen functional groups attached to an aromatic ring is 1. The van der Waals surface area contributed by atoms with E-state index in [1.165, 1.54) is 58.5 Å². The molecule has 0 fully saturated rings. The zero-order valence-electron chi connectivity index (χ0n) is 23.8. The van der Waals surface area contributed by atoms with Crippen LogP contribution < -0.4 is 31.2 Å². The van der Waals surface area contributed by atoms with Crippen LogP contribution in [0.5, 0.6) is 11.5 Å². The summed E-state index contributed by atoms with van der Waals surface area (Å²) in [4.78, 5) is 31.5. The highest BCUT2D eigenvalue weighted by atomic mass is 127. The number of urea groups is 1. The molecule has 0 bridgehead atoms. The lowest BCUT2D eigenvalue weighted by molar-refractivity contribution is -0.122. The van der Waals surface area contributed by atoms with Crippen LogP contribution in [-0.2, 0) is 18.3 Å². The zero-order valence-corrected chi connectivity index (χ0v) is 26.8. The number of ether oxygens (including phenoxy) is 2. The maximum Gasteiger partial charge on any atom is 0.321 e. The summed E-state index contributed by atoms with van der Waals surface area (Å²) in [6.45, 7) is -0.131. The Balaban J connectivity index is 1.68. The molecule has 14 heteroatoms. The Morgan fingerprint density at radius 2 is 1.70 bits per heavy atom. The van der Waals surface area contributed by atoms with Gasteiger partial charge in [0.15, 0.2) is 11.5 Å². The number of rotatable bonds is 10. The van der Waals surface area contributed by atoms with Gasteiger partial charge in [-0.15, -0.1) is 0 Å². The second kappa shape index (κ2) is 13.3. The largest absolute Gasteiger partial charge is 0.493 e. The first-order valence-corrected chi connectivity index (χ1v) is 16.9. The molecule has 4 rings (SSSR count). The minimum Gasteiger partial charge on any atom is -0.493 e. The molecule has 3 aromatic carbocycles. The molecule has 1 heterocycles. The molecule has 226 valence electrons. The van der Waals surface area contributed by atoms with Gasteiger partial charge in [0.2, 0.25) is 12.9 Å². The molecule has 0 saturated carbocycles. The van der Waals surface area contributed by atoms with E-state index in [9.17, 15) is 18.0 Å². The highest BCUT2D eigenvalue weighted by Gasteiger charge is 2.24. The first-order chi connectivity index (χ1) is 20.4. The number of methoxy groups -OCH3 is 2. The predicted octanol–water partition coefficient (Wildman–Crippen LogP) is 4.52. The number of benzene rings is 3. The fourth-order valence-electron chi connectivity index (χ4n) is 4.34. The van der Waals surface area contributed by atoms with Crippen molar-refractivity contribution in [2.75, 3.05) is 44.7 Å². The fraction of sp³-hybridized carbons (Fsp3) is 0.207. The van der Waals surface area contributed by atoms with Gasteiger partial charge in [-0.25, -0.2) is 18.2 Å². The normalized spacial score (nSPS) is 11.8. The quantitative estimate of drug-likeness (QED) is 0.136. The molecule has 0 radical (unpaired) electrons. The molecule has 0 spiro atoms. The maximum atomic E-state index is 13.8. The third-order valence-corrected chi connectivity index (χ3v) is 8.89. The number of aromatic nitrogens is 1. The van der Waals surface area contributed by atoms with Crippen LogP contribution in [0.25, 0.3) is 10.8 Å². The van der Waals surface area contributed by atoms with Crippen LogP contribution >= 0.6 is 21.2 Å². The summed E-state index contributed by atoms with van der Waals surface area (Å²) in [5.41, 5.74) is 7.89. The number of nitrogens with zero attached hydrogens (tertiary/aromatic N) is 2. The minimum atomic E-state index is -3.67. The minimum absolute atomic E-state index is 0.0209. The number of fused-ring (bicyclic) bond motifs is 1. The van der Waals surface area contributed by atoms with Crippen molar-refractivity contribution < 1.29 is 27.5 Å². The molecule has 0 unspecified atom stereocenters. The Hall–Kier alpha value is -4.31. The molecule has 0 aliphatic rings. The maximum absolute atomic E-state index is 13.8. The van der Waals surface area contributed by atoms with Gasteiger partial charge in [-0.2, -0.15) is 0 Å². The summed E-state index contributed by atoms with van der Waals surface area (Å²) < 4.78 is 35.9. The number of carbonyl (C=O) groups excluding carboxylic acids is 2. The summed E-state index contributed by atoms with van der Waals surface area (Å²) >= 11 is 1.35. The van der Waals surface area contributed by atoms with Crippen molar-refractivity contribution in [3.63, 3.8) is 0 Å². The third kappa shape index (κ3) is 7.56. The van der Waals surface area contributed by atoms with E-state index in [1.54, 1.807) is 44.6 Å². The summed E-state index contributed by atoms with van der Waals surface area (Å²) in [7, 11) is 2.52. The standard InChI is InChI=1S/C29H31IN6O6S/c1-36(2)29(38)35-21-7-10-25(43(30,39)40)19(14-21)16-33-28(37)26(18-5-9-23(41-3)24(15-18)42-4)34-20-6-8-22-17(13-20)11-12-32-27(22)31/h5-15,26,34H,16H2,1-4H3,(H2,31,32)(H,33,37)(H,35,38)/t26-/m1/s1. The van der Waals surface area contributed by atoms with Crippen LogP contribution in [0.2, 0.25) is 0 Å². The number of nitrogens with one attached hydrogen (secondary N) is 3. The van der Waals surface area contributed by atoms with Gasteiger partial charge >= 0.3 is 6.03 Å². The highest BCUT2D eigenvalue weighted by molar-refractivity contribution is 14.2. The van der Waals surface area contributed by atoms with E-state index in [0.29, 0.717) is 39.8 Å². The van der Waals surface area contributed by atoms with Crippen LogP contribution in [0, 0.1) is 0 Å². The van der Waals surface area contributed by atoms with Crippen LogP contribution in [0.1, 0.15) is 17.2 Å². The molecule has 3 amide bonds. The average molecular weight is 719 g/mol. The topological polar surface area (TPSA) is 165 Å². The Labute approximate surface area is 261 Å². The number of hydrogen-bond donors (Lipinski definition) is 4. The SMILES string of the molecule is COc1ccc([C@@H](Nc2ccc3c(N)nccc3c2)C(=O)NCc2cc(NC(=O)N(C)C)ccc2S(=O)(=O)I)cc1OC. The van der Waals surface area contributed by atoms with Gasteiger partial charge in [-0.1, -0.05) is 6.07 Å². The first-order valence-electron chi connectivity index (χ1n) is 12.9. The number of hydrogen-bond acceptors (Lipinski definition) is 9. The van der Waals surface area contributed by atoms with Crippen LogP contribution in [0.15, 0.2) is 71.8 Å². The number of anilines is 3. The van der Waals surface area contributed by atoms with Crippen molar-refractivity contribution in [1.82, 2.24) is 15.2 Å². The van der Waals surface area contributed by atoms with E-state index < -0.39 is 19.0 Å². The van der Waals surface area contributed by atoms with Crippen molar-refractivity contribution in [3.05, 3.63) is 78.0 Å². The molecule has 4 aromatic rings. The van der Waals surface area contributed by atoms with Gasteiger partial charge in [-0.3, -0.25) is 4.79 Å². The summed E-state index contributed by atoms with van der Waals surface area (Å²) in [6.07, 6.45) is 1.60. The second-order valence-corrected chi connectivity index (χ2v) is 14.4. The lowest BCUT2D eigenvalue weighted by atomic mass is 10.0. The number of amides is 3. The van der Waals surface area contributed by atoms with Crippen molar-refractivity contribution in [3.8, 4) is 11.5 Å². The number of carbonyl (C=O) groups is 2. The van der Waals surface area contributed by atoms with E-state index in [0.717, 1.165) is 10.8 Å². The average Bonchev–Trinajstić information content (AvgIpc) is 2.97. The molecule has 0 saturated heterocycles. The van der Waals surface area contributed by atoms with Gasteiger partial charge in [0.25, 0.3) is 0 Å². The summed E-state index contributed by atoms with van der Waals surface area (Å²) in [5.74, 6) is 0.872.